The zero-order valence-corrected chi connectivity index (χ0v) is 7.76. The Bertz CT molecular complexity index is 311. The van der Waals surface area contributed by atoms with Crippen LogP contribution >= 0.6 is 11.8 Å². The Balaban J connectivity index is 2.20. The van der Waals surface area contributed by atoms with Crippen molar-refractivity contribution in [2.24, 2.45) is 0 Å². The van der Waals surface area contributed by atoms with Gasteiger partial charge in [0.15, 0.2) is 0 Å². The van der Waals surface area contributed by atoms with E-state index in [1.54, 1.807) is 11.8 Å². The fraction of sp³-hybridized carbons (Fsp3) is 0.500. The summed E-state index contributed by atoms with van der Waals surface area (Å²) in [7, 11) is 0. The zero-order valence-electron chi connectivity index (χ0n) is 6.95. The molecule has 0 fully saturated rings. The average Bonchev–Trinajstić information content (AvgIpc) is 2.44. The van der Waals surface area contributed by atoms with Crippen molar-refractivity contribution in [2.45, 2.75) is 18.6 Å². The predicted octanol–water partition coefficient (Wildman–Crippen LogP) is 1.09. The smallest absolute Gasteiger partial charge is 0.312 e. The lowest BCUT2D eigenvalue weighted by Crippen LogP contribution is -2.00. The second-order valence-corrected chi connectivity index (χ2v) is 3.96. The molecule has 0 unspecified atom stereocenters. The van der Waals surface area contributed by atoms with Gasteiger partial charge in [-0.1, -0.05) is 0 Å². The largest absolute Gasteiger partial charge is 0.481 e. The lowest BCUT2D eigenvalue weighted by molar-refractivity contribution is -0.136. The van der Waals surface area contributed by atoms with Gasteiger partial charge in [0.2, 0.25) is 5.89 Å². The SMILES string of the molecule is O=C(O)Cc1nc2c(o1)CCSC2. The molecule has 0 aromatic carbocycles. The summed E-state index contributed by atoms with van der Waals surface area (Å²) in [5.41, 5.74) is 0.924. The number of aliphatic carboxylic acids is 1. The van der Waals surface area contributed by atoms with E-state index in [0.717, 1.165) is 29.4 Å². The molecule has 1 N–H and O–H groups in total. The minimum atomic E-state index is -0.897. The van der Waals surface area contributed by atoms with Crippen LogP contribution in [0.25, 0.3) is 0 Å². The van der Waals surface area contributed by atoms with Crippen LogP contribution in [0.1, 0.15) is 17.3 Å². The molecule has 0 aliphatic carbocycles. The van der Waals surface area contributed by atoms with Crippen LogP contribution in [0.5, 0.6) is 0 Å². The first kappa shape index (κ1) is 8.62. The summed E-state index contributed by atoms with van der Waals surface area (Å²) >= 11 is 1.80. The molecule has 1 aromatic rings. The van der Waals surface area contributed by atoms with Crippen molar-refractivity contribution in [3.05, 3.63) is 17.3 Å². The normalized spacial score (nSPS) is 15.4. The highest BCUT2D eigenvalue weighted by Gasteiger charge is 2.18. The Morgan fingerprint density at radius 1 is 1.69 bits per heavy atom. The Kier molecular flexibility index (Phi) is 2.26. The van der Waals surface area contributed by atoms with Crippen LogP contribution in [0.15, 0.2) is 4.42 Å². The Morgan fingerprint density at radius 3 is 3.23 bits per heavy atom. The molecule has 1 aliphatic rings. The van der Waals surface area contributed by atoms with Gasteiger partial charge in [0.05, 0.1) is 5.69 Å². The van der Waals surface area contributed by atoms with E-state index < -0.39 is 5.97 Å². The van der Waals surface area contributed by atoms with E-state index in [-0.39, 0.29) is 6.42 Å². The Morgan fingerprint density at radius 2 is 2.54 bits per heavy atom. The van der Waals surface area contributed by atoms with Crippen LogP contribution < -0.4 is 0 Å². The van der Waals surface area contributed by atoms with E-state index in [1.807, 2.05) is 0 Å². The molecule has 0 spiro atoms. The molecular formula is C8H9NO3S. The first-order chi connectivity index (χ1) is 6.25. The highest BCUT2D eigenvalue weighted by molar-refractivity contribution is 7.98. The topological polar surface area (TPSA) is 63.3 Å². The van der Waals surface area contributed by atoms with Crippen LogP contribution in [0.3, 0.4) is 0 Å². The van der Waals surface area contributed by atoms with Gasteiger partial charge < -0.3 is 9.52 Å². The van der Waals surface area contributed by atoms with E-state index in [0.29, 0.717) is 5.89 Å². The second kappa shape index (κ2) is 3.41. The van der Waals surface area contributed by atoms with Gasteiger partial charge in [-0.25, -0.2) is 4.98 Å². The number of carboxylic acid groups (broad SMARTS) is 1. The zero-order chi connectivity index (χ0) is 9.26. The second-order valence-electron chi connectivity index (χ2n) is 2.85. The van der Waals surface area contributed by atoms with E-state index in [9.17, 15) is 4.79 Å². The third-order valence-electron chi connectivity index (χ3n) is 1.84. The number of oxazole rings is 1. The maximum Gasteiger partial charge on any atom is 0.312 e. The number of nitrogens with zero attached hydrogens (tertiary/aromatic N) is 1. The number of aryl methyl sites for hydroxylation is 1. The van der Waals surface area contributed by atoms with Crippen LogP contribution in [0.4, 0.5) is 0 Å². The minimum Gasteiger partial charge on any atom is -0.481 e. The van der Waals surface area contributed by atoms with Gasteiger partial charge in [0.1, 0.15) is 12.2 Å². The van der Waals surface area contributed by atoms with Crippen LogP contribution in [-0.2, 0) is 23.4 Å². The number of carboxylic acids is 1. The van der Waals surface area contributed by atoms with Crippen LogP contribution in [0, 0.1) is 0 Å². The first-order valence-corrected chi connectivity index (χ1v) is 5.18. The molecule has 2 heterocycles. The van der Waals surface area contributed by atoms with Gasteiger partial charge in [-0.05, 0) is 0 Å². The molecule has 1 aliphatic heterocycles. The molecule has 5 heteroatoms. The van der Waals surface area contributed by atoms with E-state index in [4.69, 9.17) is 9.52 Å². The van der Waals surface area contributed by atoms with Crippen LogP contribution in [-0.4, -0.2) is 21.8 Å². The Hall–Kier alpha value is -0.970. The monoisotopic (exact) mass is 199 g/mol. The highest BCUT2D eigenvalue weighted by atomic mass is 32.2. The van der Waals surface area contributed by atoms with E-state index in [2.05, 4.69) is 4.98 Å². The number of rotatable bonds is 2. The maximum atomic E-state index is 10.4. The van der Waals surface area contributed by atoms with E-state index >= 15 is 0 Å². The summed E-state index contributed by atoms with van der Waals surface area (Å²) in [6.07, 6.45) is 0.754. The van der Waals surface area contributed by atoms with Crippen LogP contribution in [0.2, 0.25) is 0 Å². The lowest BCUT2D eigenvalue weighted by Gasteiger charge is -2.05. The maximum absolute atomic E-state index is 10.4. The fourth-order valence-electron chi connectivity index (χ4n) is 1.28. The molecule has 0 saturated carbocycles. The third kappa shape index (κ3) is 1.85. The van der Waals surface area contributed by atoms with Crippen molar-refractivity contribution in [3.8, 4) is 0 Å². The Labute approximate surface area is 79.3 Å². The quantitative estimate of drug-likeness (QED) is 0.772. The molecule has 0 saturated heterocycles. The summed E-state index contributed by atoms with van der Waals surface area (Å²) in [5, 5.41) is 8.52. The summed E-state index contributed by atoms with van der Waals surface area (Å²) in [6, 6.07) is 0. The number of carbonyl (C=O) groups is 1. The standard InChI is InChI=1S/C8H9NO3S/c10-8(11)3-7-9-5-4-13-2-1-6(5)12-7/h1-4H2,(H,10,11). The molecule has 0 radical (unpaired) electrons. The van der Waals surface area contributed by atoms with Crippen molar-refractivity contribution in [1.29, 1.82) is 0 Å². The molecule has 0 bridgehead atoms. The molecule has 0 atom stereocenters. The molecule has 4 nitrogen and oxygen atoms in total. The van der Waals surface area contributed by atoms with Crippen molar-refractivity contribution in [1.82, 2.24) is 4.98 Å². The van der Waals surface area contributed by atoms with Crippen molar-refractivity contribution in [3.63, 3.8) is 0 Å². The third-order valence-corrected chi connectivity index (χ3v) is 2.81. The molecule has 70 valence electrons. The molecule has 1 aromatic heterocycles. The van der Waals surface area contributed by atoms with Gasteiger partial charge in [-0.2, -0.15) is 11.8 Å². The summed E-state index contributed by atoms with van der Waals surface area (Å²) in [4.78, 5) is 14.5. The summed E-state index contributed by atoms with van der Waals surface area (Å²) in [5.74, 6) is 2.19. The van der Waals surface area contributed by atoms with Gasteiger partial charge >= 0.3 is 5.97 Å². The van der Waals surface area contributed by atoms with Crippen molar-refractivity contribution >= 4 is 17.7 Å². The van der Waals surface area contributed by atoms with Gasteiger partial charge in [-0.15, -0.1) is 0 Å². The van der Waals surface area contributed by atoms with E-state index in [1.165, 1.54) is 0 Å². The lowest BCUT2D eigenvalue weighted by atomic mass is 10.3. The average molecular weight is 199 g/mol. The fourth-order valence-corrected chi connectivity index (χ4v) is 2.18. The van der Waals surface area contributed by atoms with Gasteiger partial charge in [0.25, 0.3) is 0 Å². The first-order valence-electron chi connectivity index (χ1n) is 4.02. The summed E-state index contributed by atoms with van der Waals surface area (Å²) in [6.45, 7) is 0. The molecular weight excluding hydrogens is 190 g/mol. The number of hydrogen-bond donors (Lipinski definition) is 1. The number of hydrogen-bond acceptors (Lipinski definition) is 4. The van der Waals surface area contributed by atoms with Gasteiger partial charge in [-0.3, -0.25) is 4.79 Å². The molecule has 13 heavy (non-hydrogen) atoms. The predicted molar refractivity (Wildman–Crippen MR) is 47.7 cm³/mol. The van der Waals surface area contributed by atoms with Crippen molar-refractivity contribution < 1.29 is 14.3 Å². The minimum absolute atomic E-state index is 0.113. The molecule has 2 rings (SSSR count). The van der Waals surface area contributed by atoms with Crippen molar-refractivity contribution in [2.75, 3.05) is 5.75 Å². The number of fused-ring (bicyclic) bond motifs is 1. The highest BCUT2D eigenvalue weighted by Crippen LogP contribution is 2.24. The van der Waals surface area contributed by atoms with Gasteiger partial charge in [0, 0.05) is 17.9 Å². The molecule has 0 amide bonds. The number of aromatic nitrogens is 1. The summed E-state index contributed by atoms with van der Waals surface area (Å²) < 4.78 is 5.31. The number of thioether (sulfide) groups is 1.